The topological polar surface area (TPSA) is 159 Å². The third-order valence-electron chi connectivity index (χ3n) is 23.8. The Balaban J connectivity index is 0.000000126. The number of esters is 3. The molecule has 21 atom stereocenters. The number of aliphatic hydroxyl groups excluding tert-OH is 1. The summed E-state index contributed by atoms with van der Waals surface area (Å²) in [5.41, 5.74) is 8.44. The second-order valence-electron chi connectivity index (χ2n) is 28.6. The number of ether oxygens (including phenoxy) is 3. The first kappa shape index (κ1) is 63.5. The van der Waals surface area contributed by atoms with Gasteiger partial charge in [-0.25, -0.2) is 13.2 Å². The van der Waals surface area contributed by atoms with Gasteiger partial charge in [0.15, 0.2) is 0 Å². The summed E-state index contributed by atoms with van der Waals surface area (Å²) in [7, 11) is 1.56. The average molecular weight is 1250 g/mol. The summed E-state index contributed by atoms with van der Waals surface area (Å²) in [6.45, 7) is 8.64. The number of rotatable bonds is 13. The Hall–Kier alpha value is -7.26. The van der Waals surface area contributed by atoms with Crippen molar-refractivity contribution >= 4 is 24.1 Å². The fourth-order valence-corrected chi connectivity index (χ4v) is 20.0. The first-order valence-electron chi connectivity index (χ1n) is 34.0. The lowest BCUT2D eigenvalue weighted by molar-refractivity contribution is -0.145. The number of oxime groups is 1. The number of carbonyl (C=O) groups is 3. The summed E-state index contributed by atoms with van der Waals surface area (Å²) in [5.74, 6) is 5.96. The van der Waals surface area contributed by atoms with Gasteiger partial charge in [0.2, 0.25) is 0 Å². The van der Waals surface area contributed by atoms with E-state index in [1.54, 1.807) is 31.4 Å². The van der Waals surface area contributed by atoms with Crippen LogP contribution < -0.4 is 0 Å². The van der Waals surface area contributed by atoms with Crippen LogP contribution in [0, 0.1) is 124 Å². The number of cyclic esters (lactones) is 3. The molecule has 6 heterocycles. The molecule has 0 bridgehead atoms. The maximum atomic E-state index is 13.6. The van der Waals surface area contributed by atoms with Crippen molar-refractivity contribution in [2.24, 2.45) is 112 Å². The normalized spacial score (nSPS) is 34.6. The van der Waals surface area contributed by atoms with Gasteiger partial charge in [-0.3, -0.25) is 29.3 Å². The van der Waals surface area contributed by atoms with E-state index in [1.165, 1.54) is 49.6 Å². The third-order valence-corrected chi connectivity index (χ3v) is 23.8. The summed E-state index contributed by atoms with van der Waals surface area (Å²) in [5, 5.41) is 13.9. The van der Waals surface area contributed by atoms with Gasteiger partial charge in [0.1, 0.15) is 42.9 Å². The van der Waals surface area contributed by atoms with Crippen molar-refractivity contribution in [1.82, 2.24) is 15.0 Å². The zero-order valence-corrected chi connectivity index (χ0v) is 53.5. The van der Waals surface area contributed by atoms with Crippen molar-refractivity contribution < 1.29 is 51.7 Å². The number of fused-ring (bicyclic) bond motifs is 9. The molecule has 0 radical (unpaired) electrons. The molecular formula is C77H87F3N4O8. The molecule has 15 rings (SSSR count). The Kier molecular flexibility index (Phi) is 18.9. The van der Waals surface area contributed by atoms with Gasteiger partial charge in [-0.2, -0.15) is 0 Å². The molecular weight excluding hydrogens is 1170 g/mol. The van der Waals surface area contributed by atoms with E-state index >= 15 is 0 Å². The molecule has 0 unspecified atom stereocenters. The van der Waals surface area contributed by atoms with Crippen LogP contribution in [0.15, 0.2) is 133 Å². The van der Waals surface area contributed by atoms with E-state index in [9.17, 15) is 32.7 Å². The molecule has 484 valence electrons. The zero-order valence-electron chi connectivity index (χ0n) is 53.5. The number of hydrogen-bond donors (Lipinski definition) is 1. The van der Waals surface area contributed by atoms with Gasteiger partial charge >= 0.3 is 17.9 Å². The van der Waals surface area contributed by atoms with E-state index in [0.717, 1.165) is 115 Å². The van der Waals surface area contributed by atoms with E-state index in [0.29, 0.717) is 71.0 Å². The maximum absolute atomic E-state index is 13.6. The van der Waals surface area contributed by atoms with Crippen molar-refractivity contribution in [3.05, 3.63) is 162 Å². The number of halogens is 3. The summed E-state index contributed by atoms with van der Waals surface area (Å²) in [6.07, 6.45) is 20.5. The summed E-state index contributed by atoms with van der Waals surface area (Å²) >= 11 is 0. The van der Waals surface area contributed by atoms with Crippen LogP contribution in [0.5, 0.6) is 0 Å². The first-order valence-corrected chi connectivity index (χ1v) is 34.0. The number of aromatic nitrogens is 3. The zero-order chi connectivity index (χ0) is 63.9. The molecule has 12 nitrogen and oxygen atoms in total. The van der Waals surface area contributed by atoms with Gasteiger partial charge < -0.3 is 24.2 Å². The predicted molar refractivity (Wildman–Crippen MR) is 344 cm³/mol. The smallest absolute Gasteiger partial charge is 0.309 e. The van der Waals surface area contributed by atoms with E-state index in [2.05, 4.69) is 43.0 Å². The van der Waals surface area contributed by atoms with E-state index in [-0.39, 0.29) is 95.8 Å². The Morgan fingerprint density at radius 1 is 0.467 bits per heavy atom. The molecule has 6 aliphatic carbocycles. The number of aliphatic hydroxyl groups is 1. The SMILES string of the molecule is CON=CC[C@H]1C[C@H]2C(=O)O[C@H](C)[C@H]2[C@H]2[C@H](Cc3ccc(-c4cccc(F)c4)cn3)CC[C@H]12.C[C@H]1C[C@H]2C(=O)O[C@H](C)[C@H]2[C@H]2[C@H](Cc3ccc(-c4cccc(F)c4)cn3)CC[C@@H]21.C[C@H]1OC(=O)[C@@H]2C[C@H](CO)[C@H]3CC[C@@H](Cc4ccc(-c5cccc(F)c5)cn4)[C@@H]3[C@H]12. The van der Waals surface area contributed by atoms with Crippen LogP contribution in [-0.2, 0) is 52.7 Å². The van der Waals surface area contributed by atoms with Crippen LogP contribution in [-0.4, -0.2) is 76.2 Å². The highest BCUT2D eigenvalue weighted by Gasteiger charge is 2.60. The molecule has 0 spiro atoms. The number of carbonyl (C=O) groups excluding carboxylic acids is 3. The fraction of sp³-hybridized carbons (Fsp3) is 0.519. The van der Waals surface area contributed by atoms with Crippen molar-refractivity contribution in [3.8, 4) is 33.4 Å². The number of benzene rings is 3. The van der Waals surface area contributed by atoms with Gasteiger partial charge in [-0.05, 0) is 247 Å². The molecule has 3 saturated heterocycles. The predicted octanol–water partition coefficient (Wildman–Crippen LogP) is 14.8. The van der Waals surface area contributed by atoms with E-state index in [1.807, 2.05) is 74.2 Å². The first-order chi connectivity index (χ1) is 44.6. The largest absolute Gasteiger partial charge is 0.462 e. The van der Waals surface area contributed by atoms with E-state index in [4.69, 9.17) is 29.0 Å². The second-order valence-corrected chi connectivity index (χ2v) is 28.6. The highest BCUT2D eigenvalue weighted by molar-refractivity contribution is 5.77. The lowest BCUT2D eigenvalue weighted by Gasteiger charge is -2.43. The molecule has 3 aliphatic heterocycles. The molecule has 15 heteroatoms. The monoisotopic (exact) mass is 1250 g/mol. The van der Waals surface area contributed by atoms with Crippen LogP contribution >= 0.6 is 0 Å². The van der Waals surface area contributed by atoms with Gasteiger partial charge in [0, 0.05) is 82.9 Å². The second kappa shape index (κ2) is 27.4. The average Bonchev–Trinajstić information content (AvgIpc) is 1.61. The molecule has 6 aromatic rings. The fourth-order valence-electron chi connectivity index (χ4n) is 20.0. The molecule has 0 amide bonds. The molecule has 9 aliphatic rings. The number of nitrogens with zero attached hydrogens (tertiary/aromatic N) is 4. The van der Waals surface area contributed by atoms with Crippen LogP contribution in [0.2, 0.25) is 0 Å². The minimum atomic E-state index is -0.249. The molecule has 1 N–H and O–H groups in total. The number of pyridine rings is 3. The lowest BCUT2D eigenvalue weighted by atomic mass is 9.60. The van der Waals surface area contributed by atoms with Gasteiger partial charge in [-0.1, -0.05) is 66.7 Å². The quantitative estimate of drug-likeness (QED) is 0.0507. The van der Waals surface area contributed by atoms with Crippen LogP contribution in [0.1, 0.15) is 109 Å². The van der Waals surface area contributed by atoms with E-state index < -0.39 is 0 Å². The highest BCUT2D eigenvalue weighted by Crippen LogP contribution is 2.60. The standard InChI is InChI=1S/C27H31FN2O3.C25H28FNO3.C25H28FNO2/c1-16-25-24(27(31)33-16)14-18(10-11-30-32-2)23-9-7-19(26(23)25)13-22-8-6-20(15-29-22)17-4-3-5-21(28)12-17;1-14-23-22(25(29)30-14)11-18(13-28)21-8-6-16(24(21)23)10-20-7-5-17(12-27-20)15-3-2-4-19(26)9-15;1-14-10-22-23(15(2)29-25(22)28)24-17(7-9-21(14)24)12-20-8-6-18(13-27-20)16-4-3-5-19(26)11-16/h3-6,8,11-12,15-16,18-19,23-26H,7,9-10,13-14H2,1-2H3;2-5,7,9,12,14,16,18,21-24,28H,6,8,10-11,13H2,1H3;3-6,8,11,13-15,17,21-24H,7,9-10,12H2,1-2H3/t16-,18+,19+,23-,24-,25-,26+;14-,16+,18-,21-,22-,23-,24+;14-,15+,17-,21+,22+,23+,24-/m110/s1. The molecule has 3 aromatic carbocycles. The molecule has 6 saturated carbocycles. The number of hydrogen-bond acceptors (Lipinski definition) is 12. The van der Waals surface area contributed by atoms with Crippen molar-refractivity contribution in [3.63, 3.8) is 0 Å². The van der Waals surface area contributed by atoms with Crippen molar-refractivity contribution in [2.75, 3.05) is 13.7 Å². The minimum absolute atomic E-state index is 0.00823. The summed E-state index contributed by atoms with van der Waals surface area (Å²) in [4.78, 5) is 56.3. The van der Waals surface area contributed by atoms with Crippen LogP contribution in [0.3, 0.4) is 0 Å². The Labute approximate surface area is 538 Å². The molecule has 92 heavy (non-hydrogen) atoms. The van der Waals surface area contributed by atoms with Crippen molar-refractivity contribution in [1.29, 1.82) is 0 Å². The third kappa shape index (κ3) is 12.9. The van der Waals surface area contributed by atoms with Gasteiger partial charge in [0.05, 0.1) is 17.8 Å². The van der Waals surface area contributed by atoms with Gasteiger partial charge in [-0.15, -0.1) is 0 Å². The van der Waals surface area contributed by atoms with Crippen LogP contribution in [0.4, 0.5) is 13.2 Å². The summed E-state index contributed by atoms with van der Waals surface area (Å²) < 4.78 is 57.6. The Morgan fingerprint density at radius 3 is 1.21 bits per heavy atom. The van der Waals surface area contributed by atoms with Crippen molar-refractivity contribution in [2.45, 2.75) is 129 Å². The highest BCUT2D eigenvalue weighted by atomic mass is 19.1. The Morgan fingerprint density at radius 2 is 0.837 bits per heavy atom. The van der Waals surface area contributed by atoms with Gasteiger partial charge in [0.25, 0.3) is 0 Å². The molecule has 9 fully saturated rings. The maximum Gasteiger partial charge on any atom is 0.309 e. The summed E-state index contributed by atoms with van der Waals surface area (Å²) in [6, 6.07) is 32.1. The minimum Gasteiger partial charge on any atom is -0.462 e. The van der Waals surface area contributed by atoms with Crippen LogP contribution in [0.25, 0.3) is 33.4 Å². The Bertz CT molecular complexity index is 3610. The lowest BCUT2D eigenvalue weighted by Crippen LogP contribution is -2.43. The molecule has 3 aromatic heterocycles.